The molecule has 1 unspecified atom stereocenters. The van der Waals surface area contributed by atoms with Crippen molar-refractivity contribution in [1.29, 1.82) is 0 Å². The Morgan fingerprint density at radius 1 is 1.60 bits per heavy atom. The fourth-order valence-electron chi connectivity index (χ4n) is 1.31. The molecule has 0 aliphatic carbocycles. The normalized spacial score (nSPS) is 14.2. The minimum Gasteiger partial charge on any atom is -0.379 e. The molecule has 1 aromatic rings. The molecular weight excluding hydrogens is 274 g/mol. The van der Waals surface area contributed by atoms with Crippen LogP contribution in [0.15, 0.2) is 15.9 Å². The lowest BCUT2D eigenvalue weighted by atomic mass is 9.98. The number of hydrogen-bond acceptors (Lipinski definition) is 3. The molecule has 1 rings (SSSR count). The van der Waals surface area contributed by atoms with E-state index >= 15 is 0 Å². The number of ether oxygens (including phenoxy) is 1. The summed E-state index contributed by atoms with van der Waals surface area (Å²) in [6.45, 7) is 4.17. The van der Waals surface area contributed by atoms with Crippen LogP contribution < -0.4 is 5.73 Å². The summed E-state index contributed by atoms with van der Waals surface area (Å²) in [5, 5.41) is 2.06. The first-order valence-electron chi connectivity index (χ1n) is 5.00. The van der Waals surface area contributed by atoms with Crippen molar-refractivity contribution in [3.05, 3.63) is 20.8 Å². The quantitative estimate of drug-likeness (QED) is 0.897. The molecule has 0 spiro atoms. The van der Waals surface area contributed by atoms with Crippen LogP contribution in [0.3, 0.4) is 0 Å². The van der Waals surface area contributed by atoms with Gasteiger partial charge in [0.25, 0.3) is 0 Å². The second-order valence-corrected chi connectivity index (χ2v) is 6.04. The van der Waals surface area contributed by atoms with E-state index in [1.54, 1.807) is 18.4 Å². The van der Waals surface area contributed by atoms with Crippen LogP contribution in [0, 0.1) is 0 Å². The van der Waals surface area contributed by atoms with Crippen LogP contribution in [0.5, 0.6) is 0 Å². The monoisotopic (exact) mass is 291 g/mol. The smallest absolute Gasteiger partial charge is 0.0623 e. The van der Waals surface area contributed by atoms with Gasteiger partial charge in [0, 0.05) is 22.5 Å². The highest BCUT2D eigenvalue weighted by Gasteiger charge is 2.19. The van der Waals surface area contributed by atoms with Crippen LogP contribution in [-0.4, -0.2) is 12.7 Å². The minimum atomic E-state index is -0.0820. The Hall–Kier alpha value is 0.100. The van der Waals surface area contributed by atoms with Gasteiger partial charge in [0.05, 0.1) is 5.60 Å². The van der Waals surface area contributed by atoms with Crippen LogP contribution in [0.25, 0.3) is 0 Å². The lowest BCUT2D eigenvalue weighted by molar-refractivity contribution is 0.0125. The topological polar surface area (TPSA) is 35.2 Å². The van der Waals surface area contributed by atoms with Gasteiger partial charge in [-0.05, 0) is 54.1 Å². The molecule has 0 fully saturated rings. The Morgan fingerprint density at radius 3 is 2.73 bits per heavy atom. The molecule has 86 valence electrons. The number of hydrogen-bond donors (Lipinski definition) is 1. The zero-order chi connectivity index (χ0) is 11.5. The Balaban J connectivity index is 2.50. The summed E-state index contributed by atoms with van der Waals surface area (Å²) in [7, 11) is 1.74. The van der Waals surface area contributed by atoms with Gasteiger partial charge in [0.1, 0.15) is 0 Å². The van der Waals surface area contributed by atoms with E-state index in [1.165, 1.54) is 4.88 Å². The molecular formula is C11H18BrNOS. The molecule has 1 aromatic heterocycles. The molecule has 2 N–H and O–H groups in total. The van der Waals surface area contributed by atoms with Crippen molar-refractivity contribution >= 4 is 27.3 Å². The first kappa shape index (κ1) is 13.2. The maximum atomic E-state index is 6.13. The molecule has 0 bridgehead atoms. The highest BCUT2D eigenvalue weighted by Crippen LogP contribution is 2.31. The molecule has 0 aromatic carbocycles. The van der Waals surface area contributed by atoms with Crippen LogP contribution in [-0.2, 0) is 4.74 Å². The number of rotatable bonds is 5. The molecule has 0 radical (unpaired) electrons. The second-order valence-electron chi connectivity index (χ2n) is 4.24. The van der Waals surface area contributed by atoms with Gasteiger partial charge >= 0.3 is 0 Å². The first-order chi connectivity index (χ1) is 6.96. The summed E-state index contributed by atoms with van der Waals surface area (Å²) in [5.41, 5.74) is 6.05. The predicted molar refractivity (Wildman–Crippen MR) is 69.3 cm³/mol. The van der Waals surface area contributed by atoms with Crippen molar-refractivity contribution < 1.29 is 4.74 Å². The van der Waals surface area contributed by atoms with Crippen molar-refractivity contribution in [2.75, 3.05) is 7.11 Å². The summed E-state index contributed by atoms with van der Waals surface area (Å²) in [4.78, 5) is 1.22. The molecule has 0 amide bonds. The molecule has 15 heavy (non-hydrogen) atoms. The van der Waals surface area contributed by atoms with Crippen LogP contribution in [0.4, 0.5) is 0 Å². The van der Waals surface area contributed by atoms with E-state index < -0.39 is 0 Å². The highest BCUT2D eigenvalue weighted by molar-refractivity contribution is 9.10. The van der Waals surface area contributed by atoms with E-state index in [1.807, 2.05) is 6.07 Å². The summed E-state index contributed by atoms with van der Waals surface area (Å²) >= 11 is 5.21. The van der Waals surface area contributed by atoms with E-state index in [2.05, 4.69) is 35.2 Å². The van der Waals surface area contributed by atoms with Gasteiger partial charge in [-0.1, -0.05) is 0 Å². The summed E-state index contributed by atoms with van der Waals surface area (Å²) < 4.78 is 6.49. The van der Waals surface area contributed by atoms with Crippen molar-refractivity contribution in [3.63, 3.8) is 0 Å². The lowest BCUT2D eigenvalue weighted by Gasteiger charge is -2.24. The fourth-order valence-corrected chi connectivity index (χ4v) is 3.01. The van der Waals surface area contributed by atoms with Gasteiger partial charge in [-0.3, -0.25) is 0 Å². The van der Waals surface area contributed by atoms with E-state index in [0.29, 0.717) is 0 Å². The molecule has 1 atom stereocenters. The summed E-state index contributed by atoms with van der Waals surface area (Å²) in [6.07, 6.45) is 1.91. The van der Waals surface area contributed by atoms with Gasteiger partial charge < -0.3 is 10.5 Å². The standard InChI is InChI=1S/C11H18BrNOS/c1-11(2,14-3)6-4-9(13)10-8(12)5-7-15-10/h5,7,9H,4,6,13H2,1-3H3. The number of nitrogens with two attached hydrogens (primary N) is 1. The summed E-state index contributed by atoms with van der Waals surface area (Å²) in [6, 6.07) is 2.15. The van der Waals surface area contributed by atoms with E-state index in [4.69, 9.17) is 10.5 Å². The Morgan fingerprint density at radius 2 is 2.27 bits per heavy atom. The van der Waals surface area contributed by atoms with Gasteiger partial charge in [-0.25, -0.2) is 0 Å². The fraction of sp³-hybridized carbons (Fsp3) is 0.636. The van der Waals surface area contributed by atoms with Crippen molar-refractivity contribution in [1.82, 2.24) is 0 Å². The average molecular weight is 292 g/mol. The molecule has 0 saturated heterocycles. The largest absolute Gasteiger partial charge is 0.379 e. The maximum Gasteiger partial charge on any atom is 0.0623 e. The molecule has 0 aliphatic heterocycles. The van der Waals surface area contributed by atoms with Crippen LogP contribution in [0.2, 0.25) is 0 Å². The van der Waals surface area contributed by atoms with Crippen molar-refractivity contribution in [3.8, 4) is 0 Å². The number of halogens is 1. The average Bonchev–Trinajstić information content (AvgIpc) is 2.61. The molecule has 4 heteroatoms. The second kappa shape index (κ2) is 5.43. The van der Waals surface area contributed by atoms with E-state index in [-0.39, 0.29) is 11.6 Å². The third-order valence-electron chi connectivity index (χ3n) is 2.59. The highest BCUT2D eigenvalue weighted by atomic mass is 79.9. The summed E-state index contributed by atoms with van der Waals surface area (Å²) in [5.74, 6) is 0. The van der Waals surface area contributed by atoms with Gasteiger partial charge in [0.15, 0.2) is 0 Å². The Bertz CT molecular complexity index is 311. The van der Waals surface area contributed by atoms with E-state index in [0.717, 1.165) is 17.3 Å². The van der Waals surface area contributed by atoms with Gasteiger partial charge in [-0.2, -0.15) is 0 Å². The van der Waals surface area contributed by atoms with Crippen molar-refractivity contribution in [2.45, 2.75) is 38.3 Å². The van der Waals surface area contributed by atoms with E-state index in [9.17, 15) is 0 Å². The van der Waals surface area contributed by atoms with Crippen LogP contribution >= 0.6 is 27.3 Å². The Kier molecular flexibility index (Phi) is 4.77. The lowest BCUT2D eigenvalue weighted by Crippen LogP contribution is -2.24. The Labute approximate surface area is 104 Å². The first-order valence-corrected chi connectivity index (χ1v) is 6.67. The zero-order valence-electron chi connectivity index (χ0n) is 9.42. The molecule has 1 heterocycles. The molecule has 0 saturated carbocycles. The number of methoxy groups -OCH3 is 1. The SMILES string of the molecule is COC(C)(C)CCC(N)c1sccc1Br. The van der Waals surface area contributed by atoms with Crippen molar-refractivity contribution in [2.24, 2.45) is 5.73 Å². The van der Waals surface area contributed by atoms with Gasteiger partial charge in [-0.15, -0.1) is 11.3 Å². The third kappa shape index (κ3) is 3.87. The third-order valence-corrected chi connectivity index (χ3v) is 4.59. The zero-order valence-corrected chi connectivity index (χ0v) is 11.8. The molecule has 2 nitrogen and oxygen atoms in total. The van der Waals surface area contributed by atoms with Crippen LogP contribution in [0.1, 0.15) is 37.6 Å². The predicted octanol–water partition coefficient (Wildman–Crippen LogP) is 3.72. The number of thiophene rings is 1. The maximum absolute atomic E-state index is 6.13. The van der Waals surface area contributed by atoms with Gasteiger partial charge in [0.2, 0.25) is 0 Å². The molecule has 0 aliphatic rings. The minimum absolute atomic E-state index is 0.0820.